The number of carbonyl (C=O) groups excluding carboxylic acids is 1. The van der Waals surface area contributed by atoms with Crippen LogP contribution in [0.3, 0.4) is 0 Å². The van der Waals surface area contributed by atoms with Crippen molar-refractivity contribution in [1.82, 2.24) is 9.55 Å². The lowest BCUT2D eigenvalue weighted by Gasteiger charge is -2.21. The molecule has 0 aromatic carbocycles. The fourth-order valence-electron chi connectivity index (χ4n) is 2.38. The Morgan fingerprint density at radius 1 is 1.56 bits per heavy atom. The molecule has 0 spiro atoms. The van der Waals surface area contributed by atoms with Crippen LogP contribution in [-0.2, 0) is 14.3 Å². The van der Waals surface area contributed by atoms with Crippen molar-refractivity contribution in [1.29, 1.82) is 0 Å². The van der Waals surface area contributed by atoms with Crippen LogP contribution in [0.25, 0.3) is 0 Å². The highest BCUT2D eigenvalue weighted by atomic mass is 19.1. The lowest BCUT2D eigenvalue weighted by atomic mass is 10.1. The average Bonchev–Trinajstić information content (AvgIpc) is 2.83. The van der Waals surface area contributed by atoms with Crippen molar-refractivity contribution in [2.75, 3.05) is 12.3 Å². The standard InChI is InChI=1S/C14H20FN5O5/c1-6(2)10(17)13(21)25-11-7(5-18-23)24-12(9(11)15)20-4-3-8(16)19-14(20)22/h3-4,6-7,9-12H,5,17H2,1-2H3,(H2,16,19,22)/t7-,9-,10?,11-,12-/m1/s1. The lowest BCUT2D eigenvalue weighted by Crippen LogP contribution is -2.43. The Morgan fingerprint density at radius 3 is 2.80 bits per heavy atom. The smallest absolute Gasteiger partial charge is 0.351 e. The van der Waals surface area contributed by atoms with Gasteiger partial charge in [-0.25, -0.2) is 9.18 Å². The van der Waals surface area contributed by atoms with Gasteiger partial charge >= 0.3 is 11.7 Å². The van der Waals surface area contributed by atoms with Crippen LogP contribution < -0.4 is 17.2 Å². The summed E-state index contributed by atoms with van der Waals surface area (Å²) in [6.07, 6.45) is -4.72. The molecule has 2 rings (SSSR count). The monoisotopic (exact) mass is 357 g/mol. The Balaban J connectivity index is 2.25. The van der Waals surface area contributed by atoms with Crippen molar-refractivity contribution in [2.45, 2.75) is 44.5 Å². The van der Waals surface area contributed by atoms with Crippen molar-refractivity contribution in [3.05, 3.63) is 27.7 Å². The number of aromatic nitrogens is 2. The molecule has 0 bridgehead atoms. The predicted octanol–water partition coefficient (Wildman–Crippen LogP) is -0.277. The summed E-state index contributed by atoms with van der Waals surface area (Å²) in [5, 5.41) is 2.67. The van der Waals surface area contributed by atoms with E-state index < -0.39 is 48.9 Å². The van der Waals surface area contributed by atoms with Crippen LogP contribution in [0.5, 0.6) is 0 Å². The summed E-state index contributed by atoms with van der Waals surface area (Å²) in [5.74, 6) is -1.09. The molecule has 0 saturated carbocycles. The van der Waals surface area contributed by atoms with E-state index in [2.05, 4.69) is 10.2 Å². The Morgan fingerprint density at radius 2 is 2.24 bits per heavy atom. The molecule has 0 aliphatic carbocycles. The first kappa shape index (κ1) is 18.9. The van der Waals surface area contributed by atoms with E-state index in [9.17, 15) is 18.9 Å². The van der Waals surface area contributed by atoms with Gasteiger partial charge in [-0.3, -0.25) is 9.36 Å². The number of nitrogens with zero attached hydrogens (tertiary/aromatic N) is 3. The quantitative estimate of drug-likeness (QED) is 0.521. The van der Waals surface area contributed by atoms with Crippen molar-refractivity contribution >= 4 is 11.8 Å². The van der Waals surface area contributed by atoms with Crippen LogP contribution >= 0.6 is 0 Å². The van der Waals surface area contributed by atoms with E-state index in [4.69, 9.17) is 20.9 Å². The third-order valence-corrected chi connectivity index (χ3v) is 3.89. The maximum Gasteiger partial charge on any atom is 0.351 e. The number of ether oxygens (including phenoxy) is 2. The van der Waals surface area contributed by atoms with Gasteiger partial charge in [-0.05, 0) is 12.0 Å². The second kappa shape index (κ2) is 7.66. The van der Waals surface area contributed by atoms with Gasteiger partial charge in [0.15, 0.2) is 18.5 Å². The van der Waals surface area contributed by atoms with Crippen LogP contribution in [0.2, 0.25) is 0 Å². The summed E-state index contributed by atoms with van der Waals surface area (Å²) >= 11 is 0. The number of nitrogens with two attached hydrogens (primary N) is 2. The minimum Gasteiger partial charge on any atom is -0.455 e. The first-order valence-corrected chi connectivity index (χ1v) is 7.65. The number of rotatable bonds is 6. The molecule has 11 heteroatoms. The summed E-state index contributed by atoms with van der Waals surface area (Å²) in [6.45, 7) is 2.96. The van der Waals surface area contributed by atoms with Gasteiger partial charge in [-0.15, -0.1) is 0 Å². The number of nitroso groups, excluding NO2 is 1. The Labute approximate surface area is 142 Å². The number of alkyl halides is 1. The van der Waals surface area contributed by atoms with Crippen molar-refractivity contribution in [3.8, 4) is 0 Å². The summed E-state index contributed by atoms with van der Waals surface area (Å²) in [7, 11) is 0. The maximum absolute atomic E-state index is 14.8. The summed E-state index contributed by atoms with van der Waals surface area (Å²) in [5.41, 5.74) is 10.2. The average molecular weight is 357 g/mol. The molecular weight excluding hydrogens is 337 g/mol. The zero-order chi connectivity index (χ0) is 18.7. The van der Waals surface area contributed by atoms with E-state index >= 15 is 0 Å². The minimum atomic E-state index is -1.92. The van der Waals surface area contributed by atoms with Crippen LogP contribution in [0.4, 0.5) is 10.2 Å². The fraction of sp³-hybridized carbons (Fsp3) is 0.643. The van der Waals surface area contributed by atoms with Crippen LogP contribution in [-0.4, -0.2) is 46.5 Å². The Kier molecular flexibility index (Phi) is 5.80. The number of anilines is 1. The highest BCUT2D eigenvalue weighted by Gasteiger charge is 2.49. The SMILES string of the molecule is CC(C)C(N)C(=O)O[C@H]1[C@@H](F)[C@H](n2ccc(N)nc2=O)O[C@@H]1CN=O. The fourth-order valence-corrected chi connectivity index (χ4v) is 2.38. The number of hydrogen-bond donors (Lipinski definition) is 2. The largest absolute Gasteiger partial charge is 0.455 e. The second-order valence-corrected chi connectivity index (χ2v) is 6.03. The van der Waals surface area contributed by atoms with Gasteiger partial charge in [0.2, 0.25) is 0 Å². The molecule has 0 radical (unpaired) electrons. The Bertz CT molecular complexity index is 696. The minimum absolute atomic E-state index is 0.0355. The molecule has 1 unspecified atom stereocenters. The first-order valence-electron chi connectivity index (χ1n) is 7.65. The molecule has 0 amide bonds. The molecule has 138 valence electrons. The summed E-state index contributed by atoms with van der Waals surface area (Å²) in [4.78, 5) is 38.0. The zero-order valence-corrected chi connectivity index (χ0v) is 13.7. The summed E-state index contributed by atoms with van der Waals surface area (Å²) < 4.78 is 26.2. The highest BCUT2D eigenvalue weighted by Crippen LogP contribution is 2.33. The molecule has 1 aliphatic heterocycles. The third kappa shape index (κ3) is 3.99. The van der Waals surface area contributed by atoms with E-state index in [1.807, 2.05) is 0 Å². The molecule has 10 nitrogen and oxygen atoms in total. The molecule has 1 aromatic heterocycles. The van der Waals surface area contributed by atoms with Crippen molar-refractivity contribution < 1.29 is 18.7 Å². The normalized spacial score (nSPS) is 27.2. The third-order valence-electron chi connectivity index (χ3n) is 3.89. The highest BCUT2D eigenvalue weighted by molar-refractivity contribution is 5.76. The molecule has 1 aromatic rings. The van der Waals surface area contributed by atoms with E-state index in [1.165, 1.54) is 12.3 Å². The van der Waals surface area contributed by atoms with E-state index in [1.54, 1.807) is 13.8 Å². The topological polar surface area (TPSA) is 152 Å². The lowest BCUT2D eigenvalue weighted by molar-refractivity contribution is -0.156. The second-order valence-electron chi connectivity index (χ2n) is 6.03. The van der Waals surface area contributed by atoms with Gasteiger partial charge in [0, 0.05) is 6.20 Å². The predicted molar refractivity (Wildman–Crippen MR) is 85.1 cm³/mol. The molecule has 1 aliphatic rings. The van der Waals surface area contributed by atoms with Gasteiger partial charge in [0.1, 0.15) is 24.5 Å². The van der Waals surface area contributed by atoms with E-state index in [-0.39, 0.29) is 11.7 Å². The number of nitrogen functional groups attached to an aromatic ring is 1. The summed E-state index contributed by atoms with van der Waals surface area (Å²) in [6, 6.07) is 0.329. The van der Waals surface area contributed by atoms with Gasteiger partial charge in [-0.2, -0.15) is 9.89 Å². The Hall–Kier alpha value is -2.40. The van der Waals surface area contributed by atoms with E-state index in [0.717, 1.165) is 4.57 Å². The molecule has 25 heavy (non-hydrogen) atoms. The van der Waals surface area contributed by atoms with Crippen LogP contribution in [0, 0.1) is 10.8 Å². The van der Waals surface area contributed by atoms with Crippen molar-refractivity contribution in [2.24, 2.45) is 16.8 Å². The van der Waals surface area contributed by atoms with Crippen LogP contribution in [0.1, 0.15) is 20.1 Å². The van der Waals surface area contributed by atoms with Gasteiger partial charge < -0.3 is 20.9 Å². The first-order chi connectivity index (χ1) is 11.8. The maximum atomic E-state index is 14.8. The van der Waals surface area contributed by atoms with Crippen molar-refractivity contribution in [3.63, 3.8) is 0 Å². The molecule has 5 atom stereocenters. The molecule has 2 heterocycles. The number of halogens is 1. The van der Waals surface area contributed by atoms with Gasteiger partial charge in [0.25, 0.3) is 0 Å². The van der Waals surface area contributed by atoms with Crippen LogP contribution in [0.15, 0.2) is 22.2 Å². The molecular formula is C14H20FN5O5. The zero-order valence-electron chi connectivity index (χ0n) is 13.7. The van der Waals surface area contributed by atoms with Gasteiger partial charge in [-0.1, -0.05) is 19.0 Å². The molecule has 4 N–H and O–H groups in total. The molecule has 1 saturated heterocycles. The number of hydrogen-bond acceptors (Lipinski definition) is 9. The number of carbonyl (C=O) groups is 1. The van der Waals surface area contributed by atoms with Gasteiger partial charge in [0.05, 0.1) is 0 Å². The number of esters is 1. The van der Waals surface area contributed by atoms with E-state index in [0.29, 0.717) is 0 Å². The molecule has 1 fully saturated rings.